The minimum absolute atomic E-state index is 0.391. The third kappa shape index (κ3) is 9.72. The van der Waals surface area contributed by atoms with E-state index in [-0.39, 0.29) is 0 Å². The Bertz CT molecular complexity index is 234. The number of aliphatic hydroxyl groups excluding tert-OH is 1. The highest BCUT2D eigenvalue weighted by atomic mass is 16.3. The van der Waals surface area contributed by atoms with Crippen LogP contribution in [-0.2, 0) is 0 Å². The average molecular weight is 222 g/mol. The van der Waals surface area contributed by atoms with Crippen LogP contribution in [0.4, 0.5) is 0 Å². The monoisotopic (exact) mass is 222 g/mol. The number of hydrogen-bond donors (Lipinski definition) is 1. The van der Waals surface area contributed by atoms with Gasteiger partial charge in [-0.3, -0.25) is 0 Å². The van der Waals surface area contributed by atoms with E-state index in [1.165, 1.54) is 18.4 Å². The number of aliphatic hydroxyl groups is 1. The first-order chi connectivity index (χ1) is 7.56. The maximum Gasteiger partial charge on any atom is 0.0752 e. The van der Waals surface area contributed by atoms with Gasteiger partial charge in [0.05, 0.1) is 6.10 Å². The van der Waals surface area contributed by atoms with Gasteiger partial charge in [0, 0.05) is 0 Å². The Hall–Kier alpha value is -0.820. The van der Waals surface area contributed by atoms with Gasteiger partial charge in [-0.1, -0.05) is 36.8 Å². The summed E-state index contributed by atoms with van der Waals surface area (Å²) in [5.41, 5.74) is 1.40. The normalized spacial score (nSPS) is 14.8. The second kappa shape index (κ2) is 9.41. The van der Waals surface area contributed by atoms with E-state index >= 15 is 0 Å². The molecule has 0 radical (unpaired) electrons. The summed E-state index contributed by atoms with van der Waals surface area (Å²) < 4.78 is 0. The molecule has 0 aromatic heterocycles. The van der Waals surface area contributed by atoms with Crippen molar-refractivity contribution in [3.05, 3.63) is 36.5 Å². The second-order valence-electron chi connectivity index (χ2n) is 4.71. The van der Waals surface area contributed by atoms with Crippen LogP contribution in [0.3, 0.4) is 0 Å². The van der Waals surface area contributed by atoms with Crippen LogP contribution in [0.1, 0.15) is 46.5 Å². The van der Waals surface area contributed by atoms with Crippen molar-refractivity contribution < 1.29 is 5.11 Å². The zero-order valence-corrected chi connectivity index (χ0v) is 10.9. The Labute approximate surface area is 101 Å². The molecule has 0 saturated heterocycles. The SMILES string of the molecule is C=C[C@@H](O)C/C=C/C[C@H](C)CCC=C(C)C. The van der Waals surface area contributed by atoms with E-state index in [4.69, 9.17) is 0 Å². The van der Waals surface area contributed by atoms with Crippen LogP contribution in [0.2, 0.25) is 0 Å². The first-order valence-electron chi connectivity index (χ1n) is 6.15. The molecular weight excluding hydrogens is 196 g/mol. The average Bonchev–Trinajstić information content (AvgIpc) is 2.23. The van der Waals surface area contributed by atoms with Gasteiger partial charge in [-0.2, -0.15) is 0 Å². The minimum atomic E-state index is -0.391. The standard InChI is InChI=1S/C15H26O/c1-5-15(16)12-7-6-10-14(4)11-8-9-13(2)3/h5-7,9,14-16H,1,8,10-12H2,2-4H3/b7-6+/t14-,15+/m0/s1. The van der Waals surface area contributed by atoms with Crippen LogP contribution in [0.5, 0.6) is 0 Å². The molecule has 0 amide bonds. The molecule has 1 nitrogen and oxygen atoms in total. The summed E-state index contributed by atoms with van der Waals surface area (Å²) in [6.45, 7) is 10.1. The van der Waals surface area contributed by atoms with Crippen LogP contribution < -0.4 is 0 Å². The topological polar surface area (TPSA) is 20.2 Å². The highest BCUT2D eigenvalue weighted by molar-refractivity contribution is 4.94. The summed E-state index contributed by atoms with van der Waals surface area (Å²) in [4.78, 5) is 0. The summed E-state index contributed by atoms with van der Waals surface area (Å²) in [6.07, 6.45) is 11.9. The molecule has 1 N–H and O–H groups in total. The van der Waals surface area contributed by atoms with E-state index in [0.717, 1.165) is 6.42 Å². The molecule has 0 aromatic rings. The van der Waals surface area contributed by atoms with Gasteiger partial charge in [-0.25, -0.2) is 0 Å². The first-order valence-corrected chi connectivity index (χ1v) is 6.15. The number of rotatable bonds is 8. The van der Waals surface area contributed by atoms with Gasteiger partial charge in [-0.05, 0) is 45.4 Å². The van der Waals surface area contributed by atoms with Gasteiger partial charge in [0.2, 0.25) is 0 Å². The van der Waals surface area contributed by atoms with E-state index in [2.05, 4.69) is 39.5 Å². The van der Waals surface area contributed by atoms with Gasteiger partial charge < -0.3 is 5.11 Å². The van der Waals surface area contributed by atoms with Crippen molar-refractivity contribution >= 4 is 0 Å². The van der Waals surface area contributed by atoms with Crippen LogP contribution in [0.25, 0.3) is 0 Å². The largest absolute Gasteiger partial charge is 0.389 e. The lowest BCUT2D eigenvalue weighted by Crippen LogP contribution is -1.98. The third-order valence-electron chi connectivity index (χ3n) is 2.57. The van der Waals surface area contributed by atoms with Gasteiger partial charge in [0.1, 0.15) is 0 Å². The van der Waals surface area contributed by atoms with E-state index in [9.17, 15) is 5.11 Å². The van der Waals surface area contributed by atoms with Gasteiger partial charge in [0.25, 0.3) is 0 Å². The molecule has 0 heterocycles. The highest BCUT2D eigenvalue weighted by Gasteiger charge is 1.98. The predicted octanol–water partition coefficient (Wildman–Crippen LogP) is 4.25. The zero-order valence-electron chi connectivity index (χ0n) is 10.9. The molecule has 0 fully saturated rings. The Morgan fingerprint density at radius 2 is 1.88 bits per heavy atom. The van der Waals surface area contributed by atoms with E-state index in [1.807, 2.05) is 6.08 Å². The van der Waals surface area contributed by atoms with Crippen molar-refractivity contribution in [1.29, 1.82) is 0 Å². The molecule has 0 rings (SSSR count). The molecule has 16 heavy (non-hydrogen) atoms. The molecule has 0 saturated carbocycles. The van der Waals surface area contributed by atoms with E-state index in [0.29, 0.717) is 12.3 Å². The van der Waals surface area contributed by atoms with Crippen molar-refractivity contribution in [2.45, 2.75) is 52.6 Å². The lowest BCUT2D eigenvalue weighted by molar-refractivity contribution is 0.227. The fourth-order valence-electron chi connectivity index (χ4n) is 1.43. The molecule has 0 spiro atoms. The molecule has 1 heteroatoms. The quantitative estimate of drug-likeness (QED) is 0.609. The Balaban J connectivity index is 3.60. The molecular formula is C15H26O. The fourth-order valence-corrected chi connectivity index (χ4v) is 1.43. The summed E-state index contributed by atoms with van der Waals surface area (Å²) >= 11 is 0. The van der Waals surface area contributed by atoms with Gasteiger partial charge in [0.15, 0.2) is 0 Å². The highest BCUT2D eigenvalue weighted by Crippen LogP contribution is 2.12. The lowest BCUT2D eigenvalue weighted by atomic mass is 10.0. The first kappa shape index (κ1) is 15.2. The molecule has 0 bridgehead atoms. The minimum Gasteiger partial charge on any atom is -0.389 e. The van der Waals surface area contributed by atoms with Crippen molar-refractivity contribution in [3.8, 4) is 0 Å². The third-order valence-corrected chi connectivity index (χ3v) is 2.57. The van der Waals surface area contributed by atoms with Crippen LogP contribution >= 0.6 is 0 Å². The second-order valence-corrected chi connectivity index (χ2v) is 4.71. The van der Waals surface area contributed by atoms with Crippen LogP contribution in [-0.4, -0.2) is 11.2 Å². The van der Waals surface area contributed by atoms with Crippen LogP contribution in [0.15, 0.2) is 36.5 Å². The maximum absolute atomic E-state index is 9.25. The van der Waals surface area contributed by atoms with Crippen LogP contribution in [0, 0.1) is 5.92 Å². The zero-order chi connectivity index (χ0) is 12.4. The summed E-state index contributed by atoms with van der Waals surface area (Å²) in [6, 6.07) is 0. The van der Waals surface area contributed by atoms with E-state index < -0.39 is 6.10 Å². The van der Waals surface area contributed by atoms with Gasteiger partial charge in [-0.15, -0.1) is 6.58 Å². The number of allylic oxidation sites excluding steroid dienone is 3. The fraction of sp³-hybridized carbons (Fsp3) is 0.600. The molecule has 0 aliphatic heterocycles. The lowest BCUT2D eigenvalue weighted by Gasteiger charge is -2.06. The molecule has 0 aliphatic rings. The van der Waals surface area contributed by atoms with Crippen molar-refractivity contribution in [3.63, 3.8) is 0 Å². The Morgan fingerprint density at radius 3 is 2.44 bits per heavy atom. The molecule has 92 valence electrons. The summed E-state index contributed by atoms with van der Waals surface area (Å²) in [5, 5.41) is 9.25. The Morgan fingerprint density at radius 1 is 1.25 bits per heavy atom. The molecule has 0 aliphatic carbocycles. The van der Waals surface area contributed by atoms with Crippen molar-refractivity contribution in [2.24, 2.45) is 5.92 Å². The maximum atomic E-state index is 9.25. The van der Waals surface area contributed by atoms with E-state index in [1.54, 1.807) is 6.08 Å². The van der Waals surface area contributed by atoms with Crippen molar-refractivity contribution in [2.75, 3.05) is 0 Å². The molecule has 0 unspecified atom stereocenters. The number of hydrogen-bond acceptors (Lipinski definition) is 1. The van der Waals surface area contributed by atoms with Gasteiger partial charge >= 0.3 is 0 Å². The summed E-state index contributed by atoms with van der Waals surface area (Å²) in [7, 11) is 0. The molecule has 2 atom stereocenters. The molecule has 0 aromatic carbocycles. The summed E-state index contributed by atoms with van der Waals surface area (Å²) in [5.74, 6) is 0.715. The Kier molecular flexibility index (Phi) is 8.93. The predicted molar refractivity (Wildman–Crippen MR) is 72.4 cm³/mol. The smallest absolute Gasteiger partial charge is 0.0752 e. The van der Waals surface area contributed by atoms with Crippen molar-refractivity contribution in [1.82, 2.24) is 0 Å².